The van der Waals surface area contributed by atoms with Crippen LogP contribution in [0.4, 0.5) is 0 Å². The zero-order valence-electron chi connectivity index (χ0n) is 20.1. The number of rotatable bonds is 12. The van der Waals surface area contributed by atoms with Gasteiger partial charge in [-0.05, 0) is 56.0 Å². The van der Waals surface area contributed by atoms with E-state index in [0.717, 1.165) is 24.8 Å². The second kappa shape index (κ2) is 11.7. The van der Waals surface area contributed by atoms with E-state index in [9.17, 15) is 17.8 Å². The van der Waals surface area contributed by atoms with Crippen molar-refractivity contribution in [2.45, 2.75) is 63.2 Å². The number of carbonyl (C=O) groups excluding carboxylic acids is 1. The highest BCUT2D eigenvalue weighted by Crippen LogP contribution is 2.46. The third-order valence-electron chi connectivity index (χ3n) is 6.22. The van der Waals surface area contributed by atoms with E-state index in [4.69, 9.17) is 9.05 Å². The first kappa shape index (κ1) is 26.7. The number of ketones is 1. The number of hydrogen-bond acceptors (Lipinski definition) is 7. The summed E-state index contributed by atoms with van der Waals surface area (Å²) < 4.78 is 47.3. The molecule has 1 aliphatic carbocycles. The maximum absolute atomic E-state index is 13.4. The van der Waals surface area contributed by atoms with E-state index < -0.39 is 17.4 Å². The van der Waals surface area contributed by atoms with Crippen molar-refractivity contribution in [1.29, 1.82) is 0 Å². The van der Waals surface area contributed by atoms with Crippen molar-refractivity contribution in [2.75, 3.05) is 19.5 Å². The van der Waals surface area contributed by atoms with Gasteiger partial charge in [0.25, 0.3) is 0 Å². The number of nitrogens with zero attached hydrogens (tertiary/aromatic N) is 1. The predicted octanol–water partition coefficient (Wildman–Crippen LogP) is 4.85. The Kier molecular flexibility index (Phi) is 9.21. The van der Waals surface area contributed by atoms with Gasteiger partial charge >= 0.3 is 7.60 Å². The highest BCUT2D eigenvalue weighted by molar-refractivity contribution is 7.90. The van der Waals surface area contributed by atoms with Crippen LogP contribution in [0.5, 0.6) is 0 Å². The largest absolute Gasteiger partial charge is 0.362 e. The van der Waals surface area contributed by atoms with Crippen molar-refractivity contribution in [2.24, 2.45) is 5.92 Å². The monoisotopic (exact) mass is 507 g/mol. The van der Waals surface area contributed by atoms with Crippen molar-refractivity contribution in [3.8, 4) is 0 Å². The minimum atomic E-state index is -3.43. The normalized spacial score (nSPS) is 16.0. The summed E-state index contributed by atoms with van der Waals surface area (Å²) in [5.41, 5.74) is 1.41. The van der Waals surface area contributed by atoms with E-state index in [0.29, 0.717) is 16.9 Å². The zero-order chi connectivity index (χ0) is 24.8. The van der Waals surface area contributed by atoms with Crippen LogP contribution in [0.2, 0.25) is 0 Å². The van der Waals surface area contributed by atoms with Crippen LogP contribution in [0.1, 0.15) is 63.1 Å². The third-order valence-corrected chi connectivity index (χ3v) is 9.44. The fourth-order valence-corrected chi connectivity index (χ4v) is 6.63. The molecule has 0 unspecified atom stereocenters. The van der Waals surface area contributed by atoms with Gasteiger partial charge in [-0.1, -0.05) is 37.8 Å². The smallest absolute Gasteiger partial charge is 0.305 e. The van der Waals surface area contributed by atoms with Crippen LogP contribution in [-0.4, -0.2) is 38.7 Å². The molecule has 1 aromatic heterocycles. The first-order valence-electron chi connectivity index (χ1n) is 11.8. The summed E-state index contributed by atoms with van der Waals surface area (Å²) in [6, 6.07) is 10.00. The Bertz CT molecular complexity index is 1100. The second-order valence-electron chi connectivity index (χ2n) is 8.76. The van der Waals surface area contributed by atoms with Crippen LogP contribution >= 0.6 is 7.60 Å². The number of Topliss-reactive ketones (excluding diaryl/α,β-unsaturated/α-hetero) is 1. The molecule has 0 amide bonds. The first-order valence-corrected chi connectivity index (χ1v) is 15.3. The molecule has 0 N–H and O–H groups in total. The summed E-state index contributed by atoms with van der Waals surface area (Å²) in [7, 11) is -6.73. The predicted molar refractivity (Wildman–Crippen MR) is 132 cm³/mol. The van der Waals surface area contributed by atoms with Crippen LogP contribution in [0, 0.1) is 5.92 Å². The van der Waals surface area contributed by atoms with E-state index in [-0.39, 0.29) is 36.2 Å². The van der Waals surface area contributed by atoms with E-state index in [1.807, 2.05) is 0 Å². The number of hydrogen-bond donors (Lipinski definition) is 0. The van der Waals surface area contributed by atoms with Crippen molar-refractivity contribution in [3.05, 3.63) is 53.9 Å². The van der Waals surface area contributed by atoms with Gasteiger partial charge in [-0.3, -0.25) is 14.3 Å². The minimum absolute atomic E-state index is 0.0389. The standard InChI is InChI=1S/C25H34NO6PS/c1-4-31-33(28,32-5-2)22-13-12-21(26-18-22)17-25(27)24(16-19-8-6-7-9-19)20-10-14-23(15-11-20)34(3,29)30/h10-15,18-19,24H,4-9,16-17H2,1-3H3/t24-/m1/s1. The molecule has 1 heterocycles. The maximum atomic E-state index is 13.4. The average Bonchev–Trinajstić information content (AvgIpc) is 3.31. The summed E-state index contributed by atoms with van der Waals surface area (Å²) in [6.45, 7) is 4.00. The van der Waals surface area contributed by atoms with E-state index in [2.05, 4.69) is 4.98 Å². The molecule has 1 fully saturated rings. The molecular formula is C25H34NO6PS. The topological polar surface area (TPSA) is 99.6 Å². The number of pyridine rings is 1. The number of benzene rings is 1. The Hall–Kier alpha value is -1.86. The quantitative estimate of drug-likeness (QED) is 0.379. The molecular weight excluding hydrogens is 473 g/mol. The molecule has 3 rings (SSSR count). The Morgan fingerprint density at radius 3 is 2.18 bits per heavy atom. The summed E-state index contributed by atoms with van der Waals surface area (Å²) in [5.74, 6) is 0.204. The van der Waals surface area contributed by atoms with Gasteiger partial charge in [0.05, 0.1) is 23.4 Å². The fraction of sp³-hybridized carbons (Fsp3) is 0.520. The molecule has 0 bridgehead atoms. The van der Waals surface area contributed by atoms with Gasteiger partial charge in [0, 0.05) is 30.5 Å². The van der Waals surface area contributed by atoms with Gasteiger partial charge in [-0.2, -0.15) is 0 Å². The second-order valence-corrected chi connectivity index (χ2v) is 12.8. The average molecular weight is 508 g/mol. The van der Waals surface area contributed by atoms with Crippen LogP contribution in [0.15, 0.2) is 47.5 Å². The van der Waals surface area contributed by atoms with E-state index in [1.165, 1.54) is 25.3 Å². The van der Waals surface area contributed by atoms with Crippen molar-refractivity contribution in [1.82, 2.24) is 4.98 Å². The lowest BCUT2D eigenvalue weighted by molar-refractivity contribution is -0.120. The number of carbonyl (C=O) groups is 1. The van der Waals surface area contributed by atoms with Gasteiger partial charge in [-0.25, -0.2) is 8.42 Å². The van der Waals surface area contributed by atoms with Crippen molar-refractivity contribution < 1.29 is 26.8 Å². The van der Waals surface area contributed by atoms with Gasteiger partial charge in [0.15, 0.2) is 9.84 Å². The molecule has 9 heteroatoms. The Labute approximate surface area is 202 Å². The van der Waals surface area contributed by atoms with Crippen LogP contribution in [0.3, 0.4) is 0 Å². The number of aromatic nitrogens is 1. The molecule has 7 nitrogen and oxygen atoms in total. The number of sulfone groups is 1. The summed E-state index contributed by atoms with van der Waals surface area (Å²) in [4.78, 5) is 18.0. The summed E-state index contributed by atoms with van der Waals surface area (Å²) in [6.07, 6.45) is 8.11. The maximum Gasteiger partial charge on any atom is 0.362 e. The van der Waals surface area contributed by atoms with Crippen LogP contribution < -0.4 is 5.30 Å². The lowest BCUT2D eigenvalue weighted by Crippen LogP contribution is -2.19. The zero-order valence-corrected chi connectivity index (χ0v) is 21.8. The summed E-state index contributed by atoms with van der Waals surface area (Å²) in [5, 5.41) is 0.367. The van der Waals surface area contributed by atoms with Crippen LogP contribution in [0.25, 0.3) is 0 Å². The molecule has 0 aliphatic heterocycles. The summed E-state index contributed by atoms with van der Waals surface area (Å²) >= 11 is 0. The SMILES string of the molecule is CCOP(=O)(OCC)c1ccc(CC(=O)[C@H](CC2CCCC2)c2ccc(S(C)(=O)=O)cc2)nc1. The molecule has 186 valence electrons. The third kappa shape index (κ3) is 6.85. The first-order chi connectivity index (χ1) is 16.2. The molecule has 1 atom stereocenters. The van der Waals surface area contributed by atoms with Gasteiger partial charge in [0.2, 0.25) is 0 Å². The molecule has 0 radical (unpaired) electrons. The molecule has 2 aromatic rings. The fourth-order valence-electron chi connectivity index (χ4n) is 4.49. The lowest BCUT2D eigenvalue weighted by atomic mass is 9.83. The van der Waals surface area contributed by atoms with Gasteiger partial charge < -0.3 is 9.05 Å². The van der Waals surface area contributed by atoms with E-state index >= 15 is 0 Å². The van der Waals surface area contributed by atoms with Crippen molar-refractivity contribution >= 4 is 28.5 Å². The Balaban J connectivity index is 1.80. The molecule has 1 aromatic carbocycles. The molecule has 1 saturated carbocycles. The van der Waals surface area contributed by atoms with Gasteiger partial charge in [-0.15, -0.1) is 0 Å². The molecule has 0 spiro atoms. The Morgan fingerprint density at radius 1 is 1.06 bits per heavy atom. The highest BCUT2D eigenvalue weighted by atomic mass is 32.2. The van der Waals surface area contributed by atoms with E-state index in [1.54, 1.807) is 50.2 Å². The highest BCUT2D eigenvalue weighted by Gasteiger charge is 2.29. The minimum Gasteiger partial charge on any atom is -0.305 e. The molecule has 1 aliphatic rings. The molecule has 0 saturated heterocycles. The Morgan fingerprint density at radius 2 is 1.68 bits per heavy atom. The van der Waals surface area contributed by atoms with Gasteiger partial charge in [0.1, 0.15) is 5.78 Å². The molecule has 34 heavy (non-hydrogen) atoms. The lowest BCUT2D eigenvalue weighted by Gasteiger charge is -2.21. The van der Waals surface area contributed by atoms with Crippen LogP contribution in [-0.2, 0) is 34.7 Å². The van der Waals surface area contributed by atoms with Crippen molar-refractivity contribution in [3.63, 3.8) is 0 Å².